The Kier molecular flexibility index (Phi) is 5.01. The van der Waals surface area contributed by atoms with E-state index in [0.29, 0.717) is 0 Å². The van der Waals surface area contributed by atoms with Crippen molar-refractivity contribution >= 4 is 15.9 Å². The second-order valence-corrected chi connectivity index (χ2v) is 5.18. The first kappa shape index (κ1) is 13.1. The fourth-order valence-electron chi connectivity index (χ4n) is 2.36. The van der Waals surface area contributed by atoms with E-state index in [1.54, 1.807) is 0 Å². The Bertz CT molecular complexity index is 356. The van der Waals surface area contributed by atoms with Gasteiger partial charge in [-0.3, -0.25) is 4.90 Å². The first-order chi connectivity index (χ1) is 8.35. The van der Waals surface area contributed by atoms with Crippen LogP contribution in [0.1, 0.15) is 24.2 Å². The summed E-state index contributed by atoms with van der Waals surface area (Å²) in [7, 11) is 0. The molecule has 0 saturated heterocycles. The highest BCUT2D eigenvalue weighted by atomic mass is 79.9. The molecule has 0 radical (unpaired) electrons. The molecule has 1 aliphatic rings. The molecule has 3 heteroatoms. The first-order valence-electron chi connectivity index (χ1n) is 6.33. The molecule has 0 amide bonds. The van der Waals surface area contributed by atoms with Crippen LogP contribution in [0.4, 0.5) is 0 Å². The van der Waals surface area contributed by atoms with Gasteiger partial charge in [0, 0.05) is 18.4 Å². The minimum Gasteiger partial charge on any atom is -0.372 e. The molecular weight excluding hydrogens is 278 g/mol. The fraction of sp³-hybridized carbons (Fsp3) is 0.571. The molecule has 0 aromatic heterocycles. The summed E-state index contributed by atoms with van der Waals surface area (Å²) in [6, 6.07) is 8.67. The van der Waals surface area contributed by atoms with E-state index in [4.69, 9.17) is 4.74 Å². The molecular formula is C14H20BrNO. The zero-order valence-electron chi connectivity index (χ0n) is 10.4. The SMILES string of the molecule is CCN(CCBr)CC1OCCc2ccccc21. The Morgan fingerprint density at radius 1 is 1.41 bits per heavy atom. The molecule has 0 spiro atoms. The van der Waals surface area contributed by atoms with Gasteiger partial charge < -0.3 is 4.74 Å². The van der Waals surface area contributed by atoms with Crippen LogP contribution < -0.4 is 0 Å². The molecule has 17 heavy (non-hydrogen) atoms. The maximum Gasteiger partial charge on any atom is 0.0954 e. The molecule has 2 nitrogen and oxygen atoms in total. The molecule has 1 aliphatic heterocycles. The van der Waals surface area contributed by atoms with E-state index in [9.17, 15) is 0 Å². The van der Waals surface area contributed by atoms with Crippen LogP contribution in [0.3, 0.4) is 0 Å². The lowest BCUT2D eigenvalue weighted by molar-refractivity contribution is 0.0182. The van der Waals surface area contributed by atoms with Gasteiger partial charge in [-0.15, -0.1) is 0 Å². The Hall–Kier alpha value is -0.380. The standard InChI is InChI=1S/C14H20BrNO/c1-2-16(9-8-15)11-14-13-6-4-3-5-12(13)7-10-17-14/h3-6,14H,2,7-11H2,1H3. The third-order valence-electron chi connectivity index (χ3n) is 3.36. The lowest BCUT2D eigenvalue weighted by Crippen LogP contribution is -2.33. The monoisotopic (exact) mass is 297 g/mol. The van der Waals surface area contributed by atoms with Gasteiger partial charge in [0.05, 0.1) is 12.7 Å². The van der Waals surface area contributed by atoms with Gasteiger partial charge in [0.25, 0.3) is 0 Å². The van der Waals surface area contributed by atoms with Crippen LogP contribution >= 0.6 is 15.9 Å². The van der Waals surface area contributed by atoms with E-state index in [0.717, 1.165) is 38.0 Å². The largest absolute Gasteiger partial charge is 0.372 e. The molecule has 1 heterocycles. The van der Waals surface area contributed by atoms with E-state index < -0.39 is 0 Å². The van der Waals surface area contributed by atoms with Crippen LogP contribution in [0.15, 0.2) is 24.3 Å². The van der Waals surface area contributed by atoms with Gasteiger partial charge in [0.15, 0.2) is 0 Å². The smallest absolute Gasteiger partial charge is 0.0954 e. The van der Waals surface area contributed by atoms with Gasteiger partial charge >= 0.3 is 0 Å². The molecule has 1 atom stereocenters. The van der Waals surface area contributed by atoms with Crippen LogP contribution in [-0.2, 0) is 11.2 Å². The summed E-state index contributed by atoms with van der Waals surface area (Å²) in [4.78, 5) is 2.43. The van der Waals surface area contributed by atoms with Crippen LogP contribution in [0, 0.1) is 0 Å². The number of rotatable bonds is 5. The van der Waals surface area contributed by atoms with E-state index in [-0.39, 0.29) is 6.10 Å². The summed E-state index contributed by atoms with van der Waals surface area (Å²) in [5.41, 5.74) is 2.84. The summed E-state index contributed by atoms with van der Waals surface area (Å²) in [5.74, 6) is 0. The molecule has 0 saturated carbocycles. The molecule has 0 bridgehead atoms. The minimum absolute atomic E-state index is 0.249. The number of benzene rings is 1. The molecule has 2 rings (SSSR count). The van der Waals surface area contributed by atoms with Crippen molar-refractivity contribution in [2.24, 2.45) is 0 Å². The molecule has 1 aromatic rings. The highest BCUT2D eigenvalue weighted by molar-refractivity contribution is 9.09. The lowest BCUT2D eigenvalue weighted by Gasteiger charge is -2.30. The second-order valence-electron chi connectivity index (χ2n) is 4.39. The average molecular weight is 298 g/mol. The quantitative estimate of drug-likeness (QED) is 0.775. The number of halogens is 1. The van der Waals surface area contributed by atoms with Gasteiger partial charge in [-0.2, -0.15) is 0 Å². The van der Waals surface area contributed by atoms with Crippen molar-refractivity contribution in [1.82, 2.24) is 4.90 Å². The second kappa shape index (κ2) is 6.53. The number of nitrogens with zero attached hydrogens (tertiary/aromatic N) is 1. The van der Waals surface area contributed by atoms with Crippen molar-refractivity contribution in [3.05, 3.63) is 35.4 Å². The summed E-state index contributed by atoms with van der Waals surface area (Å²) in [6.45, 7) is 6.22. The van der Waals surface area contributed by atoms with Gasteiger partial charge in [-0.1, -0.05) is 47.1 Å². The fourth-order valence-corrected chi connectivity index (χ4v) is 2.86. The Morgan fingerprint density at radius 2 is 2.24 bits per heavy atom. The highest BCUT2D eigenvalue weighted by Gasteiger charge is 2.21. The van der Waals surface area contributed by atoms with Crippen molar-refractivity contribution in [3.63, 3.8) is 0 Å². The van der Waals surface area contributed by atoms with Crippen molar-refractivity contribution in [2.75, 3.05) is 31.6 Å². The number of alkyl halides is 1. The van der Waals surface area contributed by atoms with E-state index >= 15 is 0 Å². The van der Waals surface area contributed by atoms with Crippen molar-refractivity contribution < 1.29 is 4.74 Å². The zero-order chi connectivity index (χ0) is 12.1. The minimum atomic E-state index is 0.249. The summed E-state index contributed by atoms with van der Waals surface area (Å²) >= 11 is 3.50. The number of fused-ring (bicyclic) bond motifs is 1. The third kappa shape index (κ3) is 3.30. The summed E-state index contributed by atoms with van der Waals surface area (Å²) < 4.78 is 5.93. The maximum absolute atomic E-state index is 5.93. The normalized spacial score (nSPS) is 19.4. The van der Waals surface area contributed by atoms with Crippen molar-refractivity contribution in [3.8, 4) is 0 Å². The number of likely N-dealkylation sites (N-methyl/N-ethyl adjacent to an activating group) is 1. The highest BCUT2D eigenvalue weighted by Crippen LogP contribution is 2.27. The van der Waals surface area contributed by atoms with Crippen LogP contribution in [0.25, 0.3) is 0 Å². The van der Waals surface area contributed by atoms with Gasteiger partial charge in [-0.25, -0.2) is 0 Å². The van der Waals surface area contributed by atoms with Crippen LogP contribution in [0.5, 0.6) is 0 Å². The van der Waals surface area contributed by atoms with Gasteiger partial charge in [0.2, 0.25) is 0 Å². The summed E-state index contributed by atoms with van der Waals surface area (Å²) in [5, 5.41) is 1.02. The number of hydrogen-bond donors (Lipinski definition) is 0. The molecule has 0 N–H and O–H groups in total. The number of ether oxygens (including phenoxy) is 1. The Morgan fingerprint density at radius 3 is 3.00 bits per heavy atom. The maximum atomic E-state index is 5.93. The topological polar surface area (TPSA) is 12.5 Å². The number of hydrogen-bond acceptors (Lipinski definition) is 2. The molecule has 94 valence electrons. The predicted molar refractivity (Wildman–Crippen MR) is 74.7 cm³/mol. The molecule has 1 unspecified atom stereocenters. The average Bonchev–Trinajstić information content (AvgIpc) is 2.38. The zero-order valence-corrected chi connectivity index (χ0v) is 11.9. The van der Waals surface area contributed by atoms with E-state index in [2.05, 4.69) is 52.0 Å². The molecule has 0 aliphatic carbocycles. The van der Waals surface area contributed by atoms with Crippen molar-refractivity contribution in [1.29, 1.82) is 0 Å². The predicted octanol–water partition coefficient (Wildman–Crippen LogP) is 3.02. The first-order valence-corrected chi connectivity index (χ1v) is 7.45. The Labute approximate surface area is 112 Å². The molecule has 1 aromatic carbocycles. The molecule has 0 fully saturated rings. The summed E-state index contributed by atoms with van der Waals surface area (Å²) in [6.07, 6.45) is 1.30. The lowest BCUT2D eigenvalue weighted by atomic mass is 9.97. The van der Waals surface area contributed by atoms with Crippen LogP contribution in [0.2, 0.25) is 0 Å². The van der Waals surface area contributed by atoms with Crippen molar-refractivity contribution in [2.45, 2.75) is 19.4 Å². The van der Waals surface area contributed by atoms with Gasteiger partial charge in [0.1, 0.15) is 0 Å². The van der Waals surface area contributed by atoms with E-state index in [1.165, 1.54) is 11.1 Å². The van der Waals surface area contributed by atoms with Gasteiger partial charge in [-0.05, 0) is 24.1 Å². The third-order valence-corrected chi connectivity index (χ3v) is 3.72. The van der Waals surface area contributed by atoms with Crippen LogP contribution in [-0.4, -0.2) is 36.5 Å². The van der Waals surface area contributed by atoms with E-state index in [1.807, 2.05) is 0 Å². The Balaban J connectivity index is 2.07.